The van der Waals surface area contributed by atoms with Crippen molar-refractivity contribution in [3.63, 3.8) is 0 Å². The van der Waals surface area contributed by atoms with Gasteiger partial charge in [-0.1, -0.05) is 30.3 Å². The summed E-state index contributed by atoms with van der Waals surface area (Å²) in [5.41, 5.74) is -12.7. The number of carbonyl (C=O) groups excluding carboxylic acids is 1. The first-order valence-corrected chi connectivity index (χ1v) is 19.1. The van der Waals surface area contributed by atoms with Gasteiger partial charge in [0.25, 0.3) is 8.02 Å². The smallest absolute Gasteiger partial charge is 0.406 e. The van der Waals surface area contributed by atoms with Crippen LogP contribution < -0.4 is 26.4 Å². The number of esters is 1. The summed E-state index contributed by atoms with van der Waals surface area (Å²) in [7, 11) is 0. The van der Waals surface area contributed by atoms with Crippen molar-refractivity contribution in [2.45, 2.75) is 8.87 Å². The van der Waals surface area contributed by atoms with E-state index in [0.717, 1.165) is 5.56 Å². The van der Waals surface area contributed by atoms with Crippen LogP contribution in [0.2, 0.25) is 0 Å². The van der Waals surface area contributed by atoms with Gasteiger partial charge in [-0.3, -0.25) is 0 Å². The van der Waals surface area contributed by atoms with Gasteiger partial charge in [0, 0.05) is 17.7 Å². The molecule has 0 fully saturated rings. The zero-order valence-electron chi connectivity index (χ0n) is 30.4. The Morgan fingerprint density at radius 3 is 0.954 bits per heavy atom. The van der Waals surface area contributed by atoms with Gasteiger partial charge >= 0.3 is 5.97 Å². The monoisotopic (exact) mass is 1140 g/mol. The molecule has 0 saturated carbocycles. The first-order chi connectivity index (χ1) is 30.2. The highest BCUT2D eigenvalue weighted by Crippen LogP contribution is 2.35. The van der Waals surface area contributed by atoms with Crippen LogP contribution in [0.5, 0.6) is 0 Å². The fourth-order valence-electron chi connectivity index (χ4n) is 6.61. The van der Waals surface area contributed by atoms with E-state index < -0.39 is 153 Å². The molecule has 0 N–H and O–H groups in total. The van der Waals surface area contributed by atoms with Crippen LogP contribution in [-0.4, -0.2) is 14.4 Å². The topological polar surface area (TPSA) is 30.2 Å². The van der Waals surface area contributed by atoms with E-state index in [-0.39, 0.29) is 0 Å². The molecular weight excluding hydrogens is 1130 g/mol. The van der Waals surface area contributed by atoms with Crippen LogP contribution >= 0.6 is 47.8 Å². The predicted molar refractivity (Wildman–Crippen MR) is 196 cm³/mol. The summed E-state index contributed by atoms with van der Waals surface area (Å²) in [5, 5.41) is 0. The molecule has 0 unspecified atom stereocenters. The van der Waals surface area contributed by atoms with Crippen molar-refractivity contribution in [2.75, 3.05) is 0 Å². The van der Waals surface area contributed by atoms with Crippen molar-refractivity contribution in [1.29, 1.82) is 0 Å². The number of benzene rings is 5. The molecule has 1 heterocycles. The van der Waals surface area contributed by atoms with Crippen LogP contribution in [0.4, 0.5) is 87.8 Å². The Kier molecular flexibility index (Phi) is 14.8. The third-order valence-electron chi connectivity index (χ3n) is 9.26. The number of hydrogen-bond donors (Lipinski definition) is 0. The predicted octanol–water partition coefficient (Wildman–Crippen LogP) is 9.82. The van der Waals surface area contributed by atoms with E-state index in [1.54, 1.807) is 12.1 Å². The minimum atomic E-state index is -7.22. The summed E-state index contributed by atoms with van der Waals surface area (Å²) < 4.78 is 300. The number of pyridine rings is 1. The number of aromatic nitrogens is 1. The van der Waals surface area contributed by atoms with Crippen LogP contribution in [0.15, 0.2) is 54.7 Å². The van der Waals surface area contributed by atoms with Gasteiger partial charge in [-0.15, -0.1) is 21.9 Å². The number of nitrogens with zero attached hydrogens (tertiary/aromatic N) is 1. The summed E-state index contributed by atoms with van der Waals surface area (Å²) in [6.07, 6.45) is -5.37. The normalized spacial score (nSPS) is 11.7. The van der Waals surface area contributed by atoms with E-state index in [9.17, 15) is 57.5 Å². The van der Waals surface area contributed by atoms with E-state index in [0.29, 0.717) is 12.2 Å². The van der Waals surface area contributed by atoms with Crippen molar-refractivity contribution >= 4 is 81.8 Å². The molecule has 344 valence electrons. The van der Waals surface area contributed by atoms with E-state index in [1.165, 1.54) is 0 Å². The second-order valence-corrected chi connectivity index (χ2v) is 19.4. The summed E-state index contributed by atoms with van der Waals surface area (Å²) >= 11 is 9.45. The van der Waals surface area contributed by atoms with Gasteiger partial charge in [-0.05, 0) is 53.9 Å². The zero-order valence-corrected chi connectivity index (χ0v) is 35.2. The molecule has 0 saturated heterocycles. The molecular formula is C38H11BBr3F20NO2. The third kappa shape index (κ3) is 8.81. The molecule has 0 amide bonds. The molecule has 3 nitrogen and oxygen atoms in total. The molecule has 65 heavy (non-hydrogen) atoms. The Labute approximate surface area is 373 Å². The van der Waals surface area contributed by atoms with Gasteiger partial charge in [0.15, 0.2) is 82.5 Å². The van der Waals surface area contributed by atoms with Gasteiger partial charge in [0.1, 0.15) is 52.7 Å². The van der Waals surface area contributed by atoms with Crippen molar-refractivity contribution < 1.29 is 102 Å². The number of halogens is 23. The van der Waals surface area contributed by atoms with E-state index in [1.807, 2.05) is 47.2 Å². The molecule has 0 atom stereocenters. The Bertz CT molecular complexity index is 2520. The molecule has 0 spiro atoms. The average molecular weight is 1140 g/mol. The molecule has 27 heteroatoms. The lowest BCUT2D eigenvalue weighted by atomic mass is 9.12. The third-order valence-corrected chi connectivity index (χ3v) is 9.75. The van der Waals surface area contributed by atoms with Crippen molar-refractivity contribution in [3.8, 4) is 0 Å². The molecule has 1 aromatic heterocycles. The SMILES string of the molecule is Fc1c(F)c(F)c([B-](c2c(F)c(F)c(F)c(F)c2F)(c2c(F)c(F)c(F)c(F)c2F)c2c(F)c(F)c(F)c(F)c2F)c(F)c1F.O=C(OC(Br)(Br)Br)c1cccc[n+]1Cc1ccccc1. The van der Waals surface area contributed by atoms with E-state index in [2.05, 4.69) is 47.8 Å². The summed E-state index contributed by atoms with van der Waals surface area (Å²) in [6, 6.07) is 15.3. The quantitative estimate of drug-likeness (QED) is 0.0304. The fraction of sp³-hybridized carbons (Fsp3) is 0.0526. The van der Waals surface area contributed by atoms with Crippen molar-refractivity contribution in [2.24, 2.45) is 0 Å². The van der Waals surface area contributed by atoms with Crippen LogP contribution in [0.3, 0.4) is 0 Å². The first-order valence-electron chi connectivity index (χ1n) is 16.7. The maximum atomic E-state index is 15.4. The van der Waals surface area contributed by atoms with Crippen molar-refractivity contribution in [3.05, 3.63) is 182 Å². The highest BCUT2D eigenvalue weighted by Gasteiger charge is 2.52. The minimum Gasteiger partial charge on any atom is -0.419 e. The summed E-state index contributed by atoms with van der Waals surface area (Å²) in [6.45, 7) is 0.603. The molecule has 0 bridgehead atoms. The van der Waals surface area contributed by atoms with Gasteiger partial charge in [-0.2, -0.15) is 4.57 Å². The summed E-state index contributed by atoms with van der Waals surface area (Å²) in [4.78, 5) is 12.1. The molecule has 0 aliphatic heterocycles. The number of hydrogen-bond acceptors (Lipinski definition) is 2. The van der Waals surface area contributed by atoms with Crippen LogP contribution in [-0.2, 0) is 11.3 Å². The Balaban J connectivity index is 0.000000330. The zero-order chi connectivity index (χ0) is 48.9. The Morgan fingerprint density at radius 2 is 0.677 bits per heavy atom. The molecule has 0 radical (unpaired) electrons. The number of carbonyl (C=O) groups is 1. The van der Waals surface area contributed by atoms with E-state index in [4.69, 9.17) is 4.74 Å². The van der Waals surface area contributed by atoms with Crippen LogP contribution in [0.25, 0.3) is 0 Å². The van der Waals surface area contributed by atoms with Gasteiger partial charge in [-0.25, -0.2) is 92.6 Å². The maximum Gasteiger partial charge on any atom is 0.406 e. The van der Waals surface area contributed by atoms with Crippen LogP contribution in [0, 0.1) is 116 Å². The first kappa shape index (κ1) is 50.8. The number of alkyl halides is 3. The van der Waals surface area contributed by atoms with E-state index >= 15 is 35.1 Å². The van der Waals surface area contributed by atoms with Gasteiger partial charge in [0.2, 0.25) is 0 Å². The highest BCUT2D eigenvalue weighted by atomic mass is 80.0. The molecule has 0 aliphatic rings. The molecule has 6 rings (SSSR count). The summed E-state index contributed by atoms with van der Waals surface area (Å²) in [5.74, 6) is -71.8. The lowest BCUT2D eigenvalue weighted by Gasteiger charge is -2.44. The van der Waals surface area contributed by atoms with Gasteiger partial charge < -0.3 is 4.74 Å². The molecule has 0 aliphatic carbocycles. The maximum absolute atomic E-state index is 15.4. The van der Waals surface area contributed by atoms with Crippen molar-refractivity contribution in [1.82, 2.24) is 0 Å². The Morgan fingerprint density at radius 1 is 0.415 bits per heavy atom. The Hall–Kier alpha value is -5.18. The second-order valence-electron chi connectivity index (χ2n) is 12.8. The highest BCUT2D eigenvalue weighted by molar-refractivity contribution is 9.39. The van der Waals surface area contributed by atoms with Gasteiger partial charge in [0.05, 0.1) is 0 Å². The van der Waals surface area contributed by atoms with Crippen LogP contribution in [0.1, 0.15) is 16.1 Å². The lowest BCUT2D eigenvalue weighted by Crippen LogP contribution is -2.81. The minimum absolute atomic E-state index is 0.438. The average Bonchev–Trinajstić information content (AvgIpc) is 3.26. The number of rotatable bonds is 7. The largest absolute Gasteiger partial charge is 0.419 e. The fourth-order valence-corrected chi connectivity index (χ4v) is 7.05. The molecule has 5 aromatic carbocycles. The molecule has 6 aromatic rings. The standard InChI is InChI=1S/C24BF20.C14H11Br3NO2/c26-5-1(6(27)14(35)21(42)13(5)34)25(2-7(28)15(36)22(43)16(37)8(2)29,3-9(30)17(38)23(44)18(39)10(3)31)4-11(32)19(40)24(45)20(41)12(4)33;15-14(16,17)20-13(19)12-8-4-5-9-18(12)10-11-6-2-1-3-7-11/h;1-9H,10H2/q-1;+1. The second kappa shape index (κ2) is 19.0. The lowest BCUT2D eigenvalue weighted by molar-refractivity contribution is -0.690. The number of ether oxygens (including phenoxy) is 1.